The van der Waals surface area contributed by atoms with Crippen LogP contribution >= 0.6 is 11.3 Å². The predicted octanol–water partition coefficient (Wildman–Crippen LogP) is 7.00. The highest BCUT2D eigenvalue weighted by atomic mass is 32.1. The molecule has 2 saturated heterocycles. The van der Waals surface area contributed by atoms with Crippen molar-refractivity contribution in [3.8, 4) is 5.75 Å². The SMILES string of the molecule is CCC[C@H]1N(C(=O)c2cnccc2C(F)(F)F)CCC[C@@]1(Oc1csc(C(F)(F)F)c1)C(=O)N1CCN(c2ccccc2NCOCCCC(=O)O)CC1. The van der Waals surface area contributed by atoms with E-state index >= 15 is 0 Å². The van der Waals surface area contributed by atoms with Crippen molar-refractivity contribution in [2.24, 2.45) is 0 Å². The van der Waals surface area contributed by atoms with Gasteiger partial charge in [-0.15, -0.1) is 11.3 Å². The number of piperazine rings is 1. The molecule has 0 unspecified atom stereocenters. The molecule has 0 saturated carbocycles. The highest BCUT2D eigenvalue weighted by Gasteiger charge is 2.56. The quantitative estimate of drug-likeness (QED) is 0.101. The van der Waals surface area contributed by atoms with Crippen LogP contribution in [-0.4, -0.2) is 95.4 Å². The Hall–Kier alpha value is -4.58. The molecule has 294 valence electrons. The van der Waals surface area contributed by atoms with Gasteiger partial charge in [-0.05, 0) is 37.5 Å². The molecule has 0 spiro atoms. The van der Waals surface area contributed by atoms with E-state index in [1.54, 1.807) is 6.92 Å². The largest absolute Gasteiger partial charge is 0.481 e. The molecule has 2 fully saturated rings. The summed E-state index contributed by atoms with van der Waals surface area (Å²) >= 11 is 0.390. The minimum absolute atomic E-state index is 0.00758. The fourth-order valence-corrected chi connectivity index (χ4v) is 7.62. The third kappa shape index (κ3) is 9.37. The first-order chi connectivity index (χ1) is 25.7. The van der Waals surface area contributed by atoms with Crippen molar-refractivity contribution in [1.82, 2.24) is 14.8 Å². The Morgan fingerprint density at radius 1 is 1.04 bits per heavy atom. The fourth-order valence-electron chi connectivity index (χ4n) is 6.95. The number of carboxylic acids is 1. The number of hydrogen-bond donors (Lipinski definition) is 2. The molecule has 5 rings (SSSR count). The van der Waals surface area contributed by atoms with Gasteiger partial charge in [0, 0.05) is 76.0 Å². The van der Waals surface area contributed by atoms with Crippen molar-refractivity contribution in [2.75, 3.05) is 56.3 Å². The zero-order chi connectivity index (χ0) is 39.1. The second kappa shape index (κ2) is 17.3. The Morgan fingerprint density at radius 2 is 1.78 bits per heavy atom. The number of carbonyl (C=O) groups is 3. The van der Waals surface area contributed by atoms with Crippen molar-refractivity contribution >= 4 is 40.5 Å². The van der Waals surface area contributed by atoms with Gasteiger partial charge in [-0.25, -0.2) is 0 Å². The van der Waals surface area contributed by atoms with E-state index < -0.39 is 57.8 Å². The van der Waals surface area contributed by atoms with Gasteiger partial charge in [0.15, 0.2) is 0 Å². The van der Waals surface area contributed by atoms with Crippen LogP contribution in [0.15, 0.2) is 54.2 Å². The average Bonchev–Trinajstić information content (AvgIpc) is 3.62. The number of piperidine rings is 1. The summed E-state index contributed by atoms with van der Waals surface area (Å²) in [5.74, 6) is -2.71. The lowest BCUT2D eigenvalue weighted by Gasteiger charge is -2.51. The number of carbonyl (C=O) groups excluding carboxylic acids is 2. The molecule has 2 aliphatic heterocycles. The number of benzene rings is 1. The number of hydrogen-bond acceptors (Lipinski definition) is 9. The lowest BCUT2D eigenvalue weighted by molar-refractivity contribution is -0.159. The number of alkyl halides is 6. The van der Waals surface area contributed by atoms with Crippen molar-refractivity contribution in [3.05, 3.63) is 70.2 Å². The average molecular weight is 786 g/mol. The summed E-state index contributed by atoms with van der Waals surface area (Å²) in [6, 6.07) is 7.79. The van der Waals surface area contributed by atoms with Gasteiger partial charge in [-0.1, -0.05) is 25.5 Å². The van der Waals surface area contributed by atoms with Crippen LogP contribution in [0.1, 0.15) is 66.2 Å². The van der Waals surface area contributed by atoms with Gasteiger partial charge in [0.25, 0.3) is 11.8 Å². The van der Waals surface area contributed by atoms with Crippen LogP contribution in [0.25, 0.3) is 0 Å². The Balaban J connectivity index is 1.41. The smallest absolute Gasteiger partial charge is 0.425 e. The van der Waals surface area contributed by atoms with E-state index in [4.69, 9.17) is 14.6 Å². The van der Waals surface area contributed by atoms with E-state index in [2.05, 4.69) is 10.3 Å². The zero-order valence-electron chi connectivity index (χ0n) is 29.4. The van der Waals surface area contributed by atoms with Crippen LogP contribution in [0.2, 0.25) is 0 Å². The van der Waals surface area contributed by atoms with Gasteiger partial charge >= 0.3 is 18.3 Å². The number of anilines is 2. The summed E-state index contributed by atoms with van der Waals surface area (Å²) in [4.78, 5) is 47.2. The molecule has 3 aromatic rings. The molecule has 2 aromatic heterocycles. The minimum Gasteiger partial charge on any atom is -0.481 e. The van der Waals surface area contributed by atoms with Crippen LogP contribution < -0.4 is 15.0 Å². The van der Waals surface area contributed by atoms with Crippen LogP contribution in [0.5, 0.6) is 5.75 Å². The molecule has 2 atom stereocenters. The molecule has 0 bridgehead atoms. The number of ether oxygens (including phenoxy) is 2. The van der Waals surface area contributed by atoms with Gasteiger partial charge < -0.3 is 34.6 Å². The lowest BCUT2D eigenvalue weighted by Crippen LogP contribution is -2.69. The van der Waals surface area contributed by atoms with Crippen molar-refractivity contribution in [3.63, 3.8) is 0 Å². The first-order valence-corrected chi connectivity index (χ1v) is 18.4. The maximum atomic E-state index is 14.8. The number of thiophene rings is 1. The molecular formula is C36H41F6N5O6S. The maximum absolute atomic E-state index is 14.8. The summed E-state index contributed by atoms with van der Waals surface area (Å²) in [5, 5.41) is 13.1. The number of halogens is 6. The van der Waals surface area contributed by atoms with Crippen LogP contribution in [0.3, 0.4) is 0 Å². The Bertz CT molecular complexity index is 1770. The second-order valence-corrected chi connectivity index (χ2v) is 13.9. The fraction of sp³-hybridized carbons (Fsp3) is 0.500. The standard InChI is InChI=1S/C36H41F6N5O6S/c1-2-7-29-34(53-24-20-30(54-22-24)36(40,41)42,12-6-14-47(29)32(50)25-21-43-13-11-26(25)35(37,38)39)33(51)46-17-15-45(16-18-46)28-9-4-3-8-27(28)44-23-52-19-5-10-31(48)49/h3-4,8-9,11,13,20-22,29,44H,2,5-7,10,12,14-19,23H2,1H3,(H,48,49)/t29-,34+/m1/s1. The minimum atomic E-state index is -4.87. The summed E-state index contributed by atoms with van der Waals surface area (Å²) < 4.78 is 94.9. The number of carboxylic acid groups (broad SMARTS) is 1. The number of para-hydroxylation sites is 2. The Morgan fingerprint density at radius 3 is 2.44 bits per heavy atom. The number of aromatic nitrogens is 1. The van der Waals surface area contributed by atoms with Gasteiger partial charge in [0.2, 0.25) is 5.60 Å². The van der Waals surface area contributed by atoms with E-state index in [0.29, 0.717) is 43.3 Å². The van der Waals surface area contributed by atoms with Crippen molar-refractivity contribution < 1.29 is 55.3 Å². The molecule has 0 aliphatic carbocycles. The normalized spacial score (nSPS) is 19.5. The van der Waals surface area contributed by atoms with E-state index in [0.717, 1.165) is 35.2 Å². The molecule has 1 aromatic carbocycles. The highest BCUT2D eigenvalue weighted by Crippen LogP contribution is 2.43. The number of rotatable bonds is 14. The van der Waals surface area contributed by atoms with Crippen LogP contribution in [-0.2, 0) is 26.7 Å². The molecule has 11 nitrogen and oxygen atoms in total. The highest BCUT2D eigenvalue weighted by molar-refractivity contribution is 7.10. The predicted molar refractivity (Wildman–Crippen MR) is 187 cm³/mol. The molecule has 2 aliphatic rings. The number of nitrogens with one attached hydrogen (secondary N) is 1. The third-order valence-corrected chi connectivity index (χ3v) is 10.4. The summed E-state index contributed by atoms with van der Waals surface area (Å²) in [6.45, 7) is 3.20. The van der Waals surface area contributed by atoms with Crippen LogP contribution in [0.4, 0.5) is 37.7 Å². The maximum Gasteiger partial charge on any atom is 0.425 e. The number of amides is 2. The molecular weight excluding hydrogens is 744 g/mol. The summed E-state index contributed by atoms with van der Waals surface area (Å²) in [6.07, 6.45) is -6.80. The number of aliphatic carboxylic acids is 1. The topological polar surface area (TPSA) is 125 Å². The number of likely N-dealkylation sites (tertiary alicyclic amines) is 1. The van der Waals surface area contributed by atoms with E-state index in [1.807, 2.05) is 29.2 Å². The zero-order valence-corrected chi connectivity index (χ0v) is 30.2. The Labute approximate surface area is 311 Å². The first kappa shape index (κ1) is 40.6. The van der Waals surface area contributed by atoms with E-state index in [1.165, 1.54) is 9.80 Å². The van der Waals surface area contributed by atoms with Gasteiger partial charge in [-0.2, -0.15) is 26.3 Å². The first-order valence-electron chi connectivity index (χ1n) is 17.5. The Kier molecular flexibility index (Phi) is 13.0. The number of nitrogens with zero attached hydrogens (tertiary/aromatic N) is 4. The third-order valence-electron chi connectivity index (χ3n) is 9.41. The summed E-state index contributed by atoms with van der Waals surface area (Å²) in [7, 11) is 0. The number of pyridine rings is 1. The molecule has 2 amide bonds. The summed E-state index contributed by atoms with van der Waals surface area (Å²) in [5.41, 5.74) is -2.24. The van der Waals surface area contributed by atoms with E-state index in [9.17, 15) is 40.7 Å². The van der Waals surface area contributed by atoms with Crippen molar-refractivity contribution in [2.45, 2.75) is 69.4 Å². The molecule has 0 radical (unpaired) electrons. The molecule has 4 heterocycles. The lowest BCUT2D eigenvalue weighted by atomic mass is 9.79. The van der Waals surface area contributed by atoms with Gasteiger partial charge in [-0.3, -0.25) is 19.4 Å². The van der Waals surface area contributed by atoms with Gasteiger partial charge in [0.05, 0.1) is 28.5 Å². The van der Waals surface area contributed by atoms with Crippen molar-refractivity contribution in [1.29, 1.82) is 0 Å². The molecule has 18 heteroatoms. The molecule has 2 N–H and O–H groups in total. The van der Waals surface area contributed by atoms with Crippen LogP contribution in [0, 0.1) is 0 Å². The van der Waals surface area contributed by atoms with Gasteiger partial charge in [0.1, 0.15) is 17.4 Å². The monoisotopic (exact) mass is 785 g/mol. The molecule has 54 heavy (non-hydrogen) atoms. The van der Waals surface area contributed by atoms with E-state index in [-0.39, 0.29) is 64.4 Å². The second-order valence-electron chi connectivity index (χ2n) is 13.0.